The van der Waals surface area contributed by atoms with Crippen LogP contribution in [-0.4, -0.2) is 25.7 Å². The molecule has 0 radical (unpaired) electrons. The molecule has 3 aromatic rings. The second kappa shape index (κ2) is 9.30. The molecule has 1 aromatic heterocycles. The van der Waals surface area contributed by atoms with Gasteiger partial charge in [0.2, 0.25) is 0 Å². The Morgan fingerprint density at radius 1 is 1.19 bits per heavy atom. The van der Waals surface area contributed by atoms with Crippen molar-refractivity contribution in [2.45, 2.75) is 17.8 Å². The normalized spacial score (nSPS) is 11.8. The summed E-state index contributed by atoms with van der Waals surface area (Å²) in [5.74, 6) is -2.50. The number of halogens is 5. The van der Waals surface area contributed by atoms with Gasteiger partial charge < -0.3 is 10.1 Å². The van der Waals surface area contributed by atoms with E-state index in [9.17, 15) is 30.8 Å². The maximum atomic E-state index is 14.4. The maximum Gasteiger partial charge on any atom is 0.573 e. The summed E-state index contributed by atoms with van der Waals surface area (Å²) >= 11 is 6.75. The number of carbonyl (C=O) groups excluding carboxylic acids is 1. The van der Waals surface area contributed by atoms with Gasteiger partial charge in [-0.05, 0) is 35.9 Å². The molecule has 0 aliphatic rings. The predicted molar refractivity (Wildman–Crippen MR) is 109 cm³/mol. The summed E-state index contributed by atoms with van der Waals surface area (Å²) in [4.78, 5) is 15.4. The number of benzene rings is 2. The summed E-state index contributed by atoms with van der Waals surface area (Å²) in [6.07, 6.45) is -3.53. The van der Waals surface area contributed by atoms with Crippen molar-refractivity contribution in [1.82, 2.24) is 10.3 Å². The Kier molecular flexibility index (Phi) is 6.91. The zero-order valence-electron chi connectivity index (χ0n) is 15.6. The van der Waals surface area contributed by atoms with Crippen molar-refractivity contribution in [1.29, 1.82) is 0 Å². The zero-order chi connectivity index (χ0) is 23.5. The summed E-state index contributed by atoms with van der Waals surface area (Å²) in [6.45, 7) is -0.141. The fraction of sp³-hybridized carbons (Fsp3) is 0.111. The monoisotopic (exact) mass is 509 g/mol. The first-order chi connectivity index (χ1) is 14.9. The van der Waals surface area contributed by atoms with Crippen LogP contribution in [0.25, 0.3) is 0 Å². The molecule has 0 bridgehead atoms. The van der Waals surface area contributed by atoms with E-state index in [0.29, 0.717) is 5.56 Å². The van der Waals surface area contributed by atoms with Crippen LogP contribution in [0.4, 0.5) is 22.7 Å². The van der Waals surface area contributed by atoms with Crippen LogP contribution in [0.2, 0.25) is 5.02 Å². The summed E-state index contributed by atoms with van der Waals surface area (Å²) in [5.41, 5.74) is 0.184. The van der Waals surface area contributed by atoms with E-state index >= 15 is 0 Å². The Balaban J connectivity index is 1.67. The summed E-state index contributed by atoms with van der Waals surface area (Å²) in [5, 5.41) is 3.70. The molecule has 0 aliphatic heterocycles. The first-order valence-electron chi connectivity index (χ1n) is 8.49. The van der Waals surface area contributed by atoms with Crippen molar-refractivity contribution in [3.63, 3.8) is 0 Å². The molecular weight excluding hydrogens is 498 g/mol. The van der Waals surface area contributed by atoms with Crippen LogP contribution < -0.4 is 14.8 Å². The fourth-order valence-electron chi connectivity index (χ4n) is 2.45. The Bertz CT molecular complexity index is 1240. The van der Waals surface area contributed by atoms with E-state index in [1.165, 1.54) is 23.7 Å². The first-order valence-corrected chi connectivity index (χ1v) is 11.2. The number of sulfonamides is 1. The fourth-order valence-corrected chi connectivity index (χ4v) is 4.54. The van der Waals surface area contributed by atoms with Crippen molar-refractivity contribution >= 4 is 44.0 Å². The molecule has 3 rings (SSSR count). The number of thiazole rings is 1. The lowest BCUT2D eigenvalue weighted by Gasteiger charge is -2.12. The lowest BCUT2D eigenvalue weighted by Crippen LogP contribution is -2.23. The molecule has 0 saturated carbocycles. The second-order valence-electron chi connectivity index (χ2n) is 6.08. The van der Waals surface area contributed by atoms with Crippen LogP contribution >= 0.6 is 22.9 Å². The minimum Gasteiger partial charge on any atom is -0.404 e. The second-order valence-corrected chi connectivity index (χ2v) is 9.04. The molecule has 0 atom stereocenters. The molecule has 14 heteroatoms. The number of aromatic nitrogens is 1. The quantitative estimate of drug-likeness (QED) is 0.455. The van der Waals surface area contributed by atoms with E-state index in [1.54, 1.807) is 0 Å². The molecule has 7 nitrogen and oxygen atoms in total. The highest BCUT2D eigenvalue weighted by Gasteiger charge is 2.32. The van der Waals surface area contributed by atoms with E-state index in [-0.39, 0.29) is 22.3 Å². The van der Waals surface area contributed by atoms with Gasteiger partial charge in [-0.25, -0.2) is 17.8 Å². The smallest absolute Gasteiger partial charge is 0.404 e. The molecule has 0 spiro atoms. The zero-order valence-corrected chi connectivity index (χ0v) is 18.0. The molecule has 0 saturated heterocycles. The number of carbonyl (C=O) groups is 1. The average molecular weight is 510 g/mol. The number of amides is 1. The minimum atomic E-state index is -4.90. The van der Waals surface area contributed by atoms with Crippen LogP contribution in [0.5, 0.6) is 5.75 Å². The molecular formula is C18H12ClF4N3O4S2. The highest BCUT2D eigenvalue weighted by Crippen LogP contribution is 2.30. The van der Waals surface area contributed by atoms with Crippen LogP contribution in [-0.2, 0) is 16.6 Å². The average Bonchev–Trinajstić information content (AvgIpc) is 3.19. The topological polar surface area (TPSA) is 97.4 Å². The number of ether oxygens (including phenoxy) is 1. The number of nitrogens with zero attached hydrogens (tertiary/aromatic N) is 1. The van der Waals surface area contributed by atoms with E-state index in [0.717, 1.165) is 35.6 Å². The number of nitrogens with one attached hydrogen (secondary N) is 2. The Morgan fingerprint density at radius 3 is 2.53 bits per heavy atom. The van der Waals surface area contributed by atoms with E-state index in [4.69, 9.17) is 11.6 Å². The van der Waals surface area contributed by atoms with Crippen LogP contribution in [0, 0.1) is 5.82 Å². The van der Waals surface area contributed by atoms with Gasteiger partial charge in [-0.1, -0.05) is 17.7 Å². The number of hydrogen-bond acceptors (Lipinski definition) is 6. The van der Waals surface area contributed by atoms with E-state index in [1.807, 2.05) is 0 Å². The lowest BCUT2D eigenvalue weighted by molar-refractivity contribution is -0.274. The third-order valence-electron chi connectivity index (χ3n) is 3.81. The van der Waals surface area contributed by atoms with Gasteiger partial charge in [-0.2, -0.15) is 0 Å². The lowest BCUT2D eigenvalue weighted by atomic mass is 10.2. The van der Waals surface area contributed by atoms with E-state index < -0.39 is 38.8 Å². The van der Waals surface area contributed by atoms with Crippen molar-refractivity contribution < 1.29 is 35.5 Å². The Morgan fingerprint density at radius 2 is 1.94 bits per heavy atom. The number of rotatable bonds is 7. The van der Waals surface area contributed by atoms with Gasteiger partial charge in [-0.3, -0.25) is 9.52 Å². The van der Waals surface area contributed by atoms with Crippen molar-refractivity contribution in [2.75, 3.05) is 4.72 Å². The van der Waals surface area contributed by atoms with Gasteiger partial charge >= 0.3 is 6.36 Å². The van der Waals surface area contributed by atoms with Gasteiger partial charge in [0.25, 0.3) is 15.9 Å². The predicted octanol–water partition coefficient (Wildman–Crippen LogP) is 4.57. The van der Waals surface area contributed by atoms with Crippen LogP contribution in [0.1, 0.15) is 15.9 Å². The van der Waals surface area contributed by atoms with Gasteiger partial charge in [0.15, 0.2) is 5.13 Å². The number of alkyl halides is 3. The Hall–Kier alpha value is -2.90. The van der Waals surface area contributed by atoms with Gasteiger partial charge in [-0.15, -0.1) is 24.5 Å². The maximum absolute atomic E-state index is 14.4. The van der Waals surface area contributed by atoms with Crippen LogP contribution in [0.15, 0.2) is 52.9 Å². The summed E-state index contributed by atoms with van der Waals surface area (Å²) in [6, 6.07) is 6.21. The number of anilines is 1. The first kappa shape index (κ1) is 23.8. The minimum absolute atomic E-state index is 0.0523. The highest BCUT2D eigenvalue weighted by molar-refractivity contribution is 7.93. The summed E-state index contributed by atoms with van der Waals surface area (Å²) in [7, 11) is -4.25. The largest absolute Gasteiger partial charge is 0.573 e. The van der Waals surface area contributed by atoms with Gasteiger partial charge in [0.1, 0.15) is 16.5 Å². The third kappa shape index (κ3) is 6.08. The third-order valence-corrected chi connectivity index (χ3v) is 6.30. The molecule has 1 amide bonds. The van der Waals surface area contributed by atoms with Gasteiger partial charge in [0.05, 0.1) is 5.02 Å². The standard InChI is InChI=1S/C18H12ClF4N3O4S2/c19-12-7-10(1-3-14(12)30-18(21,22)23)9-25-16(27)11-2-4-15(13(20)8-11)32(28,29)26-17-24-5-6-31-17/h1-8H,9H2,(H,24,26)(H,25,27). The molecule has 2 aromatic carbocycles. The molecule has 0 fully saturated rings. The molecule has 1 heterocycles. The van der Waals surface area contributed by atoms with Crippen molar-refractivity contribution in [3.8, 4) is 5.75 Å². The van der Waals surface area contributed by atoms with Gasteiger partial charge in [0, 0.05) is 23.7 Å². The SMILES string of the molecule is O=C(NCc1ccc(OC(F)(F)F)c(Cl)c1)c1ccc(S(=O)(=O)Nc2nccs2)c(F)c1. The molecule has 0 aliphatic carbocycles. The van der Waals surface area contributed by atoms with Crippen molar-refractivity contribution in [2.24, 2.45) is 0 Å². The molecule has 0 unspecified atom stereocenters. The van der Waals surface area contributed by atoms with Crippen LogP contribution in [0.3, 0.4) is 0 Å². The Labute approximate surface area is 188 Å². The molecule has 2 N–H and O–H groups in total. The molecule has 32 heavy (non-hydrogen) atoms. The number of hydrogen-bond donors (Lipinski definition) is 2. The molecule has 170 valence electrons. The van der Waals surface area contributed by atoms with E-state index in [2.05, 4.69) is 19.8 Å². The highest BCUT2D eigenvalue weighted by atomic mass is 35.5. The van der Waals surface area contributed by atoms with Crippen molar-refractivity contribution in [3.05, 3.63) is 69.9 Å². The summed E-state index contributed by atoms with van der Waals surface area (Å²) < 4.78 is 81.7.